The molecule has 0 saturated carbocycles. The molecule has 0 aliphatic rings. The van der Waals surface area contributed by atoms with Crippen molar-refractivity contribution in [3.63, 3.8) is 0 Å². The van der Waals surface area contributed by atoms with Gasteiger partial charge in [0.05, 0.1) is 22.9 Å². The first-order valence-corrected chi connectivity index (χ1v) is 6.08. The molecule has 0 aromatic heterocycles. The Hall–Kier alpha value is -0.240. The Morgan fingerprint density at radius 1 is 1.57 bits per heavy atom. The monoisotopic (exact) mass is 240 g/mol. The molecular weight excluding hydrogens is 224 g/mol. The summed E-state index contributed by atoms with van der Waals surface area (Å²) in [6, 6.07) is 0. The lowest BCUT2D eigenvalue weighted by molar-refractivity contribution is 0.216. The minimum atomic E-state index is -3.39. The third kappa shape index (κ3) is 4.85. The van der Waals surface area contributed by atoms with Crippen molar-refractivity contribution in [2.24, 2.45) is 5.73 Å². The summed E-state index contributed by atoms with van der Waals surface area (Å²) in [4.78, 5) is 0.110. The molecule has 0 spiro atoms. The Morgan fingerprint density at radius 2 is 2.07 bits per heavy atom. The molecule has 0 amide bonds. The topological polar surface area (TPSA) is 81.4 Å². The van der Waals surface area contributed by atoms with Crippen LogP contribution in [0.3, 0.4) is 0 Å². The largest absolute Gasteiger partial charge is 0.392 e. The third-order valence-corrected chi connectivity index (χ3v) is 3.62. The van der Waals surface area contributed by atoms with Gasteiger partial charge in [0.25, 0.3) is 0 Å². The molecule has 0 aromatic rings. The van der Waals surface area contributed by atoms with E-state index in [0.29, 0.717) is 0 Å². The Bertz CT molecular complexity index is 298. The van der Waals surface area contributed by atoms with Crippen molar-refractivity contribution in [1.29, 1.82) is 0 Å². The highest BCUT2D eigenvalue weighted by atomic mass is 32.2. The van der Waals surface area contributed by atoms with E-state index in [-0.39, 0.29) is 17.3 Å². The van der Waals surface area contributed by atoms with Crippen molar-refractivity contribution in [2.75, 3.05) is 19.5 Å². The van der Waals surface area contributed by atoms with Crippen molar-refractivity contribution in [1.82, 2.24) is 4.72 Å². The van der Waals surface area contributed by atoms with Crippen LogP contribution in [-0.2, 0) is 14.8 Å². The molecule has 0 heterocycles. The molecule has 0 fully saturated rings. The lowest BCUT2D eigenvalue weighted by atomic mass is 10.1. The van der Waals surface area contributed by atoms with Gasteiger partial charge in [0.2, 0.25) is 10.0 Å². The molecule has 0 unspecified atom stereocenters. The van der Waals surface area contributed by atoms with Gasteiger partial charge in [-0.05, 0) is 13.8 Å². The number of ether oxygens (including phenoxy) is 1. The molecule has 0 saturated heterocycles. The molecule has 0 rings (SSSR count). The number of sulfonamides is 1. The van der Waals surface area contributed by atoms with Crippen LogP contribution in [0.2, 0.25) is 0 Å². The first-order chi connectivity index (χ1) is 6.21. The van der Waals surface area contributed by atoms with Gasteiger partial charge in [-0.3, -0.25) is 0 Å². The van der Waals surface area contributed by atoms with Gasteiger partial charge in [-0.1, -0.05) is 12.2 Å². The molecule has 0 radical (unpaired) electrons. The quantitative estimate of drug-likeness (QED) is 0.618. The second-order valence-electron chi connectivity index (χ2n) is 3.40. The maximum Gasteiger partial charge on any atom is 0.214 e. The highest BCUT2D eigenvalue weighted by Crippen LogP contribution is 2.04. The summed E-state index contributed by atoms with van der Waals surface area (Å²) in [5.41, 5.74) is 4.48. The minimum absolute atomic E-state index is 0.102. The zero-order valence-electron chi connectivity index (χ0n) is 8.53. The van der Waals surface area contributed by atoms with E-state index in [1.165, 1.54) is 7.11 Å². The van der Waals surface area contributed by atoms with Gasteiger partial charge >= 0.3 is 0 Å². The summed E-state index contributed by atoms with van der Waals surface area (Å²) in [5, 5.41) is 0. The SMILES string of the molecule is COCCS(=O)(=O)NC(C)(C)C(N)=S. The van der Waals surface area contributed by atoms with E-state index >= 15 is 0 Å². The van der Waals surface area contributed by atoms with Gasteiger partial charge < -0.3 is 10.5 Å². The molecule has 0 aliphatic heterocycles. The van der Waals surface area contributed by atoms with Crippen molar-refractivity contribution >= 4 is 27.2 Å². The normalized spacial score (nSPS) is 12.8. The maximum atomic E-state index is 11.4. The second-order valence-corrected chi connectivity index (χ2v) is 5.68. The van der Waals surface area contributed by atoms with Crippen LogP contribution in [0.5, 0.6) is 0 Å². The van der Waals surface area contributed by atoms with Crippen LogP contribution in [0.4, 0.5) is 0 Å². The number of nitrogens with two attached hydrogens (primary N) is 1. The van der Waals surface area contributed by atoms with Crippen LogP contribution < -0.4 is 10.5 Å². The Morgan fingerprint density at radius 3 is 2.43 bits per heavy atom. The van der Waals surface area contributed by atoms with Crippen LogP contribution >= 0.6 is 12.2 Å². The number of thiocarbonyl (C=S) groups is 1. The van der Waals surface area contributed by atoms with E-state index in [1.807, 2.05) is 0 Å². The van der Waals surface area contributed by atoms with Gasteiger partial charge in [-0.25, -0.2) is 13.1 Å². The fraction of sp³-hybridized carbons (Fsp3) is 0.857. The highest BCUT2D eigenvalue weighted by Gasteiger charge is 2.27. The Labute approximate surface area is 90.1 Å². The number of methoxy groups -OCH3 is 1. The molecule has 0 bridgehead atoms. The van der Waals surface area contributed by atoms with E-state index in [4.69, 9.17) is 18.0 Å². The smallest absolute Gasteiger partial charge is 0.214 e. The van der Waals surface area contributed by atoms with Crippen molar-refractivity contribution in [3.8, 4) is 0 Å². The van der Waals surface area contributed by atoms with E-state index in [0.717, 1.165) is 0 Å². The average Bonchev–Trinajstić information content (AvgIpc) is 1.99. The van der Waals surface area contributed by atoms with Crippen molar-refractivity contribution in [3.05, 3.63) is 0 Å². The molecule has 14 heavy (non-hydrogen) atoms. The highest BCUT2D eigenvalue weighted by molar-refractivity contribution is 7.89. The van der Waals surface area contributed by atoms with Crippen LogP contribution in [0.15, 0.2) is 0 Å². The summed E-state index contributed by atoms with van der Waals surface area (Å²) < 4.78 is 29.9. The minimum Gasteiger partial charge on any atom is -0.392 e. The van der Waals surface area contributed by atoms with Crippen molar-refractivity contribution < 1.29 is 13.2 Å². The summed E-state index contributed by atoms with van der Waals surface area (Å²) in [6.45, 7) is 3.36. The predicted octanol–water partition coefficient (Wildman–Crippen LogP) is -0.383. The molecule has 3 N–H and O–H groups in total. The average molecular weight is 240 g/mol. The van der Waals surface area contributed by atoms with E-state index in [2.05, 4.69) is 9.46 Å². The third-order valence-electron chi connectivity index (χ3n) is 1.58. The van der Waals surface area contributed by atoms with Gasteiger partial charge in [0.1, 0.15) is 0 Å². The van der Waals surface area contributed by atoms with Gasteiger partial charge in [0.15, 0.2) is 0 Å². The zero-order chi connectivity index (χ0) is 11.4. The fourth-order valence-corrected chi connectivity index (χ4v) is 2.17. The van der Waals surface area contributed by atoms with Gasteiger partial charge in [-0.15, -0.1) is 0 Å². The molecule has 7 heteroatoms. The van der Waals surface area contributed by atoms with Gasteiger partial charge in [-0.2, -0.15) is 0 Å². The number of hydrogen-bond donors (Lipinski definition) is 2. The summed E-state index contributed by atoms with van der Waals surface area (Å²) in [6.07, 6.45) is 0. The van der Waals surface area contributed by atoms with Crippen LogP contribution in [0.25, 0.3) is 0 Å². The number of rotatable bonds is 6. The lowest BCUT2D eigenvalue weighted by Crippen LogP contribution is -2.52. The maximum absolute atomic E-state index is 11.4. The van der Waals surface area contributed by atoms with E-state index in [9.17, 15) is 8.42 Å². The molecule has 0 aromatic carbocycles. The second kappa shape index (κ2) is 5.01. The van der Waals surface area contributed by atoms with Crippen LogP contribution in [0.1, 0.15) is 13.8 Å². The van der Waals surface area contributed by atoms with Gasteiger partial charge in [0, 0.05) is 7.11 Å². The summed E-state index contributed by atoms with van der Waals surface area (Å²) in [7, 11) is -1.95. The molecule has 84 valence electrons. The predicted molar refractivity (Wildman–Crippen MR) is 59.7 cm³/mol. The fourth-order valence-electron chi connectivity index (χ4n) is 0.683. The Kier molecular flexibility index (Phi) is 4.93. The number of nitrogens with one attached hydrogen (secondary N) is 1. The van der Waals surface area contributed by atoms with Crippen LogP contribution in [-0.4, -0.2) is 38.4 Å². The van der Waals surface area contributed by atoms with Crippen LogP contribution in [0, 0.1) is 0 Å². The lowest BCUT2D eigenvalue weighted by Gasteiger charge is -2.24. The van der Waals surface area contributed by atoms with E-state index < -0.39 is 15.6 Å². The first kappa shape index (κ1) is 13.8. The van der Waals surface area contributed by atoms with E-state index in [1.54, 1.807) is 13.8 Å². The molecule has 0 aliphatic carbocycles. The summed E-state index contributed by atoms with van der Waals surface area (Å²) >= 11 is 4.73. The first-order valence-electron chi connectivity index (χ1n) is 4.02. The standard InChI is InChI=1S/C7H16N2O3S2/c1-7(2,6(8)13)9-14(10,11)5-4-12-3/h9H,4-5H2,1-3H3,(H2,8,13). The zero-order valence-corrected chi connectivity index (χ0v) is 10.2. The van der Waals surface area contributed by atoms with Crippen molar-refractivity contribution in [2.45, 2.75) is 19.4 Å². The molecule has 0 atom stereocenters. The number of hydrogen-bond acceptors (Lipinski definition) is 4. The molecular formula is C7H16N2O3S2. The summed E-state index contributed by atoms with van der Waals surface area (Å²) in [5.74, 6) is -0.102. The Balaban J connectivity index is 4.43. The molecule has 5 nitrogen and oxygen atoms in total.